The number of thiophene rings is 1. The van der Waals surface area contributed by atoms with Gasteiger partial charge >= 0.3 is 0 Å². The largest absolute Gasteiger partial charge is 0.494 e. The third kappa shape index (κ3) is 2.18. The van der Waals surface area contributed by atoms with Crippen LogP contribution in [0, 0.1) is 12.7 Å². The molecule has 2 aromatic heterocycles. The highest BCUT2D eigenvalue weighted by atomic mass is 32.1. The molecule has 0 fully saturated rings. The minimum atomic E-state index is -0.341. The molecule has 0 bridgehead atoms. The summed E-state index contributed by atoms with van der Waals surface area (Å²) in [7, 11) is 1.50. The molecular weight excluding hydrogens is 277 g/mol. The van der Waals surface area contributed by atoms with E-state index < -0.39 is 0 Å². The predicted octanol–water partition coefficient (Wildman–Crippen LogP) is 3.89. The van der Waals surface area contributed by atoms with Crippen LogP contribution >= 0.6 is 11.3 Å². The second-order valence-electron chi connectivity index (χ2n) is 4.29. The van der Waals surface area contributed by atoms with Gasteiger partial charge in [0.2, 0.25) is 0 Å². The Kier molecular flexibility index (Phi) is 3.23. The molecule has 1 aromatic carbocycles. The van der Waals surface area contributed by atoms with Crippen LogP contribution < -0.4 is 10.1 Å². The zero-order chi connectivity index (χ0) is 14.1. The van der Waals surface area contributed by atoms with Gasteiger partial charge in [0.25, 0.3) is 0 Å². The third-order valence-electron chi connectivity index (χ3n) is 2.95. The van der Waals surface area contributed by atoms with Crippen LogP contribution in [0.3, 0.4) is 0 Å². The van der Waals surface area contributed by atoms with Crippen molar-refractivity contribution >= 4 is 33.1 Å². The fourth-order valence-corrected chi connectivity index (χ4v) is 2.90. The second kappa shape index (κ2) is 5.05. The molecule has 2 heterocycles. The molecule has 0 aliphatic carbocycles. The number of anilines is 2. The van der Waals surface area contributed by atoms with Crippen molar-refractivity contribution in [2.75, 3.05) is 12.4 Å². The first-order valence-corrected chi connectivity index (χ1v) is 6.86. The van der Waals surface area contributed by atoms with Crippen LogP contribution in [0.2, 0.25) is 0 Å². The third-order valence-corrected chi connectivity index (χ3v) is 4.04. The summed E-state index contributed by atoms with van der Waals surface area (Å²) in [5.41, 5.74) is 2.70. The maximum atomic E-state index is 13.2. The molecule has 0 unspecified atom stereocenters. The number of methoxy groups -OCH3 is 1. The van der Waals surface area contributed by atoms with E-state index in [1.807, 2.05) is 12.3 Å². The summed E-state index contributed by atoms with van der Waals surface area (Å²) >= 11 is 1.57. The average molecular weight is 289 g/mol. The van der Waals surface area contributed by atoms with Crippen molar-refractivity contribution in [3.63, 3.8) is 0 Å². The van der Waals surface area contributed by atoms with Crippen LogP contribution in [0.25, 0.3) is 10.2 Å². The number of halogens is 1. The van der Waals surface area contributed by atoms with Crippen molar-refractivity contribution in [3.8, 4) is 5.75 Å². The maximum absolute atomic E-state index is 13.2. The van der Waals surface area contributed by atoms with Gasteiger partial charge in [0, 0.05) is 6.07 Å². The highest BCUT2D eigenvalue weighted by molar-refractivity contribution is 7.18. The molecule has 1 N–H and O–H groups in total. The van der Waals surface area contributed by atoms with Crippen molar-refractivity contribution in [1.29, 1.82) is 0 Å². The van der Waals surface area contributed by atoms with Gasteiger partial charge in [-0.1, -0.05) is 0 Å². The van der Waals surface area contributed by atoms with E-state index in [-0.39, 0.29) is 5.82 Å². The highest BCUT2D eigenvalue weighted by Crippen LogP contribution is 2.33. The highest BCUT2D eigenvalue weighted by Gasteiger charge is 2.11. The minimum absolute atomic E-state index is 0.341. The smallest absolute Gasteiger partial charge is 0.151 e. The van der Waals surface area contributed by atoms with Crippen molar-refractivity contribution < 1.29 is 9.13 Å². The lowest BCUT2D eigenvalue weighted by molar-refractivity contribution is 0.413. The lowest BCUT2D eigenvalue weighted by Crippen LogP contribution is -1.98. The number of nitrogens with one attached hydrogen (secondary N) is 1. The normalized spacial score (nSPS) is 10.8. The molecule has 3 rings (SSSR count). The van der Waals surface area contributed by atoms with E-state index in [1.165, 1.54) is 25.6 Å². The van der Waals surface area contributed by atoms with Crippen LogP contribution in [-0.4, -0.2) is 17.1 Å². The molecule has 20 heavy (non-hydrogen) atoms. The van der Waals surface area contributed by atoms with Gasteiger partial charge in [0.1, 0.15) is 17.9 Å². The molecule has 0 amide bonds. The number of nitrogens with zero attached hydrogens (tertiary/aromatic N) is 2. The van der Waals surface area contributed by atoms with E-state index >= 15 is 0 Å². The monoisotopic (exact) mass is 289 g/mol. The van der Waals surface area contributed by atoms with Gasteiger partial charge in [-0.25, -0.2) is 14.4 Å². The van der Waals surface area contributed by atoms with Gasteiger partial charge in [0.05, 0.1) is 23.0 Å². The lowest BCUT2D eigenvalue weighted by Gasteiger charge is -2.10. The molecule has 0 spiro atoms. The molecule has 0 aliphatic rings. The molecule has 6 heteroatoms. The van der Waals surface area contributed by atoms with E-state index in [1.54, 1.807) is 17.4 Å². The summed E-state index contributed by atoms with van der Waals surface area (Å²) < 4.78 is 19.3. The summed E-state index contributed by atoms with van der Waals surface area (Å²) in [6, 6.07) is 4.34. The Balaban J connectivity index is 2.05. The number of hydrogen-bond acceptors (Lipinski definition) is 5. The van der Waals surface area contributed by atoms with E-state index in [0.717, 1.165) is 15.8 Å². The molecule has 3 aromatic rings. The molecule has 0 saturated heterocycles. The van der Waals surface area contributed by atoms with Crippen LogP contribution in [-0.2, 0) is 0 Å². The summed E-state index contributed by atoms with van der Waals surface area (Å²) in [6.07, 6.45) is 1.51. The summed E-state index contributed by atoms with van der Waals surface area (Å²) in [5.74, 6) is 0.787. The predicted molar refractivity (Wildman–Crippen MR) is 78.4 cm³/mol. The molecule has 0 saturated carbocycles. The Morgan fingerprint density at radius 3 is 2.95 bits per heavy atom. The second-order valence-corrected chi connectivity index (χ2v) is 5.17. The zero-order valence-corrected chi connectivity index (χ0v) is 11.8. The van der Waals surface area contributed by atoms with Crippen LogP contribution in [0.15, 0.2) is 29.9 Å². The van der Waals surface area contributed by atoms with Gasteiger partial charge in [-0.05, 0) is 30.0 Å². The van der Waals surface area contributed by atoms with Gasteiger partial charge in [-0.3, -0.25) is 0 Å². The molecule has 0 radical (unpaired) electrons. The minimum Gasteiger partial charge on any atom is -0.494 e. The Hall–Kier alpha value is -2.21. The van der Waals surface area contributed by atoms with Crippen LogP contribution in [0.1, 0.15) is 5.56 Å². The summed E-state index contributed by atoms with van der Waals surface area (Å²) in [5, 5.41) is 5.21. The lowest BCUT2D eigenvalue weighted by atomic mass is 10.2. The fraction of sp³-hybridized carbons (Fsp3) is 0.143. The summed E-state index contributed by atoms with van der Waals surface area (Å²) in [4.78, 5) is 8.52. The zero-order valence-electron chi connectivity index (χ0n) is 11.0. The van der Waals surface area contributed by atoms with Gasteiger partial charge in [0.15, 0.2) is 5.82 Å². The molecule has 0 atom stereocenters. The van der Waals surface area contributed by atoms with Crippen molar-refractivity contribution in [2.24, 2.45) is 0 Å². The Labute approximate surface area is 119 Å². The fourth-order valence-electron chi connectivity index (χ4n) is 1.95. The van der Waals surface area contributed by atoms with Crippen LogP contribution in [0.5, 0.6) is 5.75 Å². The summed E-state index contributed by atoms with van der Waals surface area (Å²) in [6.45, 7) is 2.01. The van der Waals surface area contributed by atoms with Gasteiger partial charge < -0.3 is 10.1 Å². The quantitative estimate of drug-likeness (QED) is 0.794. The molecule has 102 valence electrons. The van der Waals surface area contributed by atoms with Crippen molar-refractivity contribution in [3.05, 3.63) is 41.3 Å². The van der Waals surface area contributed by atoms with E-state index in [9.17, 15) is 4.39 Å². The van der Waals surface area contributed by atoms with Gasteiger partial charge in [-0.15, -0.1) is 11.3 Å². The Morgan fingerprint density at radius 1 is 1.30 bits per heavy atom. The van der Waals surface area contributed by atoms with Gasteiger partial charge in [-0.2, -0.15) is 0 Å². The number of aryl methyl sites for hydroxylation is 1. The van der Waals surface area contributed by atoms with E-state index in [2.05, 4.69) is 15.3 Å². The number of fused-ring (bicyclic) bond motifs is 1. The molecular formula is C14H12FN3OS. The number of ether oxygens (including phenoxy) is 1. The van der Waals surface area contributed by atoms with Crippen molar-refractivity contribution in [2.45, 2.75) is 6.92 Å². The average Bonchev–Trinajstić information content (AvgIpc) is 2.84. The first kappa shape index (κ1) is 12.8. The Bertz CT molecular complexity index is 772. The number of rotatable bonds is 3. The first-order chi connectivity index (χ1) is 9.69. The first-order valence-electron chi connectivity index (χ1n) is 5.98. The molecule has 0 aliphatic heterocycles. The maximum Gasteiger partial charge on any atom is 0.151 e. The number of hydrogen-bond donors (Lipinski definition) is 1. The van der Waals surface area contributed by atoms with Crippen molar-refractivity contribution in [1.82, 2.24) is 9.97 Å². The molecule has 4 nitrogen and oxygen atoms in total. The van der Waals surface area contributed by atoms with E-state index in [4.69, 9.17) is 4.74 Å². The van der Waals surface area contributed by atoms with Crippen LogP contribution in [0.4, 0.5) is 15.9 Å². The SMILES string of the molecule is COc1cc(F)ccc1Nc1ncnc2c(C)csc12. The van der Waals surface area contributed by atoms with E-state index in [0.29, 0.717) is 17.3 Å². The topological polar surface area (TPSA) is 47.0 Å². The number of aromatic nitrogens is 2. The standard InChI is InChI=1S/C14H12FN3OS/c1-8-6-20-13-12(8)16-7-17-14(13)18-10-4-3-9(15)5-11(10)19-2/h3-7H,1-2H3,(H,16,17,18). The number of benzene rings is 1. The Morgan fingerprint density at radius 2 is 2.15 bits per heavy atom.